The van der Waals surface area contributed by atoms with Crippen molar-refractivity contribution in [2.75, 3.05) is 0 Å². The first kappa shape index (κ1) is 18.9. The lowest BCUT2D eigenvalue weighted by Crippen LogP contribution is -2.25. The number of nitrogens with zero attached hydrogens (tertiary/aromatic N) is 4. The maximum atomic E-state index is 12.3. The van der Waals surface area contributed by atoms with Crippen molar-refractivity contribution < 1.29 is 9.32 Å². The van der Waals surface area contributed by atoms with Gasteiger partial charge in [-0.3, -0.25) is 4.79 Å². The number of para-hydroxylation sites is 2. The summed E-state index contributed by atoms with van der Waals surface area (Å²) in [5.41, 5.74) is 4.08. The van der Waals surface area contributed by atoms with Gasteiger partial charge < -0.3 is 14.4 Å². The van der Waals surface area contributed by atoms with Crippen LogP contribution in [0.4, 0.5) is 0 Å². The van der Waals surface area contributed by atoms with Gasteiger partial charge in [-0.1, -0.05) is 47.1 Å². The van der Waals surface area contributed by atoms with Crippen LogP contribution in [0.1, 0.15) is 30.6 Å². The molecule has 0 bridgehead atoms. The Morgan fingerprint density at radius 3 is 2.69 bits per heavy atom. The molecule has 0 spiro atoms. The van der Waals surface area contributed by atoms with Gasteiger partial charge in [0.15, 0.2) is 0 Å². The first-order chi connectivity index (χ1) is 14.1. The molecule has 0 atom stereocenters. The van der Waals surface area contributed by atoms with Gasteiger partial charge in [0.2, 0.25) is 17.6 Å². The predicted octanol–water partition coefficient (Wildman–Crippen LogP) is 3.66. The van der Waals surface area contributed by atoms with Crippen molar-refractivity contribution in [3.63, 3.8) is 0 Å². The smallest absolute Gasteiger partial charge is 0.227 e. The fourth-order valence-electron chi connectivity index (χ4n) is 3.28. The van der Waals surface area contributed by atoms with Gasteiger partial charge in [-0.25, -0.2) is 4.98 Å². The molecular weight excluding hydrogens is 366 g/mol. The molecule has 1 N–H and O–H groups in total. The Balaban J connectivity index is 1.33. The van der Waals surface area contributed by atoms with Crippen LogP contribution in [0.15, 0.2) is 53.1 Å². The Hall–Kier alpha value is -3.48. The Labute approximate surface area is 168 Å². The lowest BCUT2D eigenvalue weighted by atomic mass is 10.1. The van der Waals surface area contributed by atoms with Crippen LogP contribution < -0.4 is 5.32 Å². The third kappa shape index (κ3) is 4.18. The molecule has 29 heavy (non-hydrogen) atoms. The van der Waals surface area contributed by atoms with E-state index in [9.17, 15) is 4.79 Å². The Morgan fingerprint density at radius 1 is 1.10 bits per heavy atom. The summed E-state index contributed by atoms with van der Waals surface area (Å²) >= 11 is 0. The molecular formula is C22H23N5O2. The molecule has 0 aliphatic heterocycles. The van der Waals surface area contributed by atoms with Crippen LogP contribution in [0, 0.1) is 6.92 Å². The van der Waals surface area contributed by atoms with Gasteiger partial charge in [-0.05, 0) is 26.0 Å². The molecule has 4 rings (SSSR count). The van der Waals surface area contributed by atoms with E-state index < -0.39 is 0 Å². The molecule has 0 aliphatic carbocycles. The zero-order valence-corrected chi connectivity index (χ0v) is 16.6. The summed E-state index contributed by atoms with van der Waals surface area (Å²) in [6, 6.07) is 15.9. The van der Waals surface area contributed by atoms with Gasteiger partial charge in [0, 0.05) is 24.9 Å². The second kappa shape index (κ2) is 8.26. The number of fused-ring (bicyclic) bond motifs is 1. The third-order valence-corrected chi connectivity index (χ3v) is 4.84. The Kier molecular flexibility index (Phi) is 5.37. The SMILES string of the molecule is CCn1c(CNC(=O)CCc2nc(-c3ccc(C)cc3)no2)nc2ccccc21. The fraction of sp³-hybridized carbons (Fsp3) is 0.273. The molecule has 0 saturated carbocycles. The van der Waals surface area contributed by atoms with Gasteiger partial charge >= 0.3 is 0 Å². The van der Waals surface area contributed by atoms with E-state index in [-0.39, 0.29) is 12.3 Å². The molecule has 2 aromatic heterocycles. The van der Waals surface area contributed by atoms with Crippen LogP contribution in [-0.4, -0.2) is 25.6 Å². The number of hydrogen-bond acceptors (Lipinski definition) is 5. The number of rotatable bonds is 7. The van der Waals surface area contributed by atoms with Crippen molar-refractivity contribution in [3.8, 4) is 11.4 Å². The normalized spacial score (nSPS) is 11.1. The first-order valence-corrected chi connectivity index (χ1v) is 9.74. The van der Waals surface area contributed by atoms with Crippen LogP contribution >= 0.6 is 0 Å². The van der Waals surface area contributed by atoms with Gasteiger partial charge in [0.1, 0.15) is 5.82 Å². The quantitative estimate of drug-likeness (QED) is 0.521. The summed E-state index contributed by atoms with van der Waals surface area (Å²) in [6.07, 6.45) is 0.677. The molecule has 7 heteroatoms. The number of aryl methyl sites for hydroxylation is 3. The van der Waals surface area contributed by atoms with Crippen LogP contribution in [0.2, 0.25) is 0 Å². The predicted molar refractivity (Wildman–Crippen MR) is 110 cm³/mol. The van der Waals surface area contributed by atoms with Crippen molar-refractivity contribution in [2.24, 2.45) is 0 Å². The summed E-state index contributed by atoms with van der Waals surface area (Å²) in [4.78, 5) is 21.3. The van der Waals surface area contributed by atoms with Crippen molar-refractivity contribution in [1.82, 2.24) is 25.0 Å². The second-order valence-electron chi connectivity index (χ2n) is 6.92. The fourth-order valence-corrected chi connectivity index (χ4v) is 3.28. The van der Waals surface area contributed by atoms with Gasteiger partial charge in [-0.15, -0.1) is 0 Å². The molecule has 0 fully saturated rings. The first-order valence-electron chi connectivity index (χ1n) is 9.74. The third-order valence-electron chi connectivity index (χ3n) is 4.84. The zero-order chi connectivity index (χ0) is 20.2. The number of aromatic nitrogens is 4. The van der Waals surface area contributed by atoms with Gasteiger partial charge in [-0.2, -0.15) is 4.98 Å². The topological polar surface area (TPSA) is 85.8 Å². The zero-order valence-electron chi connectivity index (χ0n) is 16.6. The van der Waals surface area contributed by atoms with Crippen LogP contribution in [-0.2, 0) is 24.3 Å². The highest BCUT2D eigenvalue weighted by molar-refractivity contribution is 5.77. The molecule has 4 aromatic rings. The minimum atomic E-state index is -0.0743. The molecule has 0 aliphatic rings. The molecule has 1 amide bonds. The standard InChI is InChI=1S/C22H23N5O2/c1-3-27-18-7-5-4-6-17(18)24-19(27)14-23-20(28)12-13-21-25-22(26-29-21)16-10-8-15(2)9-11-16/h4-11H,3,12-14H2,1-2H3,(H,23,28). The molecule has 0 radical (unpaired) electrons. The van der Waals surface area contributed by atoms with E-state index in [2.05, 4.69) is 31.9 Å². The maximum Gasteiger partial charge on any atom is 0.227 e. The molecule has 7 nitrogen and oxygen atoms in total. The van der Waals surface area contributed by atoms with Gasteiger partial charge in [0.25, 0.3) is 0 Å². The number of benzene rings is 2. The number of imidazole rings is 1. The van der Waals surface area contributed by atoms with Crippen molar-refractivity contribution in [3.05, 3.63) is 65.8 Å². The second-order valence-corrected chi connectivity index (χ2v) is 6.92. The largest absolute Gasteiger partial charge is 0.349 e. The van der Waals surface area contributed by atoms with Crippen molar-refractivity contribution in [2.45, 2.75) is 39.8 Å². The Morgan fingerprint density at radius 2 is 1.90 bits per heavy atom. The van der Waals surface area contributed by atoms with E-state index in [1.807, 2.05) is 55.5 Å². The highest BCUT2D eigenvalue weighted by Crippen LogP contribution is 2.17. The number of carbonyl (C=O) groups excluding carboxylic acids is 1. The summed E-state index contributed by atoms with van der Waals surface area (Å²) in [6.45, 7) is 5.29. The van der Waals surface area contributed by atoms with Crippen LogP contribution in [0.3, 0.4) is 0 Å². The molecule has 2 heterocycles. The van der Waals surface area contributed by atoms with Crippen LogP contribution in [0.5, 0.6) is 0 Å². The number of hydrogen-bond donors (Lipinski definition) is 1. The summed E-state index contributed by atoms with van der Waals surface area (Å²) in [7, 11) is 0. The monoisotopic (exact) mass is 389 g/mol. The van der Waals surface area contributed by atoms with E-state index in [4.69, 9.17) is 4.52 Å². The number of nitrogens with one attached hydrogen (secondary N) is 1. The van der Waals surface area contributed by atoms with E-state index in [0.29, 0.717) is 24.7 Å². The van der Waals surface area contributed by atoms with Crippen molar-refractivity contribution in [1.29, 1.82) is 0 Å². The van der Waals surface area contributed by atoms with E-state index >= 15 is 0 Å². The van der Waals surface area contributed by atoms with Crippen molar-refractivity contribution >= 4 is 16.9 Å². The number of carbonyl (C=O) groups is 1. The lowest BCUT2D eigenvalue weighted by molar-refractivity contribution is -0.121. The van der Waals surface area contributed by atoms with Crippen LogP contribution in [0.25, 0.3) is 22.4 Å². The Bertz CT molecular complexity index is 1130. The number of amides is 1. The molecule has 2 aromatic carbocycles. The van der Waals surface area contributed by atoms with E-state index in [1.165, 1.54) is 5.56 Å². The summed E-state index contributed by atoms with van der Waals surface area (Å²) < 4.78 is 7.39. The highest BCUT2D eigenvalue weighted by Gasteiger charge is 2.13. The molecule has 0 saturated heterocycles. The lowest BCUT2D eigenvalue weighted by Gasteiger charge is -2.07. The molecule has 148 valence electrons. The highest BCUT2D eigenvalue weighted by atomic mass is 16.5. The van der Waals surface area contributed by atoms with E-state index in [1.54, 1.807) is 0 Å². The minimum Gasteiger partial charge on any atom is -0.349 e. The average Bonchev–Trinajstić information content (AvgIpc) is 3.35. The summed E-state index contributed by atoms with van der Waals surface area (Å²) in [5.74, 6) is 1.77. The minimum absolute atomic E-state index is 0.0743. The summed E-state index contributed by atoms with van der Waals surface area (Å²) in [5, 5.41) is 6.94. The maximum absolute atomic E-state index is 12.3. The van der Waals surface area contributed by atoms with Gasteiger partial charge in [0.05, 0.1) is 17.6 Å². The van der Waals surface area contributed by atoms with E-state index in [0.717, 1.165) is 29.0 Å². The average molecular weight is 389 g/mol. The molecule has 0 unspecified atom stereocenters.